The fourth-order valence-electron chi connectivity index (χ4n) is 0.548. The van der Waals surface area contributed by atoms with E-state index in [9.17, 15) is 0 Å². The van der Waals surface area contributed by atoms with Crippen molar-refractivity contribution in [2.24, 2.45) is 11.3 Å². The van der Waals surface area contributed by atoms with Gasteiger partial charge in [-0.1, -0.05) is 27.7 Å². The Hall–Kier alpha value is -0.0400. The van der Waals surface area contributed by atoms with Gasteiger partial charge in [0.15, 0.2) is 0 Å². The molecule has 11 heavy (non-hydrogen) atoms. The van der Waals surface area contributed by atoms with Gasteiger partial charge in [0.05, 0.1) is 12.7 Å². The summed E-state index contributed by atoms with van der Waals surface area (Å²) in [5, 5.41) is 0. The van der Waals surface area contributed by atoms with E-state index in [4.69, 9.17) is 4.74 Å². The van der Waals surface area contributed by atoms with Crippen LogP contribution in [0.2, 0.25) is 0 Å². The standard InChI is InChI=1S/C10H22O/c1-8(2)10(5,6)7-11-9(3)4/h8-9H,7H2,1-6H3. The Morgan fingerprint density at radius 3 is 1.82 bits per heavy atom. The lowest BCUT2D eigenvalue weighted by Crippen LogP contribution is -2.27. The molecule has 0 rings (SSSR count). The van der Waals surface area contributed by atoms with E-state index in [1.165, 1.54) is 0 Å². The van der Waals surface area contributed by atoms with Gasteiger partial charge in [0.2, 0.25) is 0 Å². The summed E-state index contributed by atoms with van der Waals surface area (Å²) in [5.74, 6) is 0.682. The molecule has 0 aliphatic carbocycles. The van der Waals surface area contributed by atoms with E-state index < -0.39 is 0 Å². The van der Waals surface area contributed by atoms with Crippen molar-refractivity contribution < 1.29 is 4.74 Å². The molecule has 0 unspecified atom stereocenters. The topological polar surface area (TPSA) is 9.23 Å². The third kappa shape index (κ3) is 4.41. The summed E-state index contributed by atoms with van der Waals surface area (Å²) in [6.07, 6.45) is 0.355. The van der Waals surface area contributed by atoms with Gasteiger partial charge in [0.1, 0.15) is 0 Å². The lowest BCUT2D eigenvalue weighted by molar-refractivity contribution is 0.00270. The van der Waals surface area contributed by atoms with Crippen molar-refractivity contribution >= 4 is 0 Å². The molecule has 1 nitrogen and oxygen atoms in total. The minimum absolute atomic E-state index is 0.310. The van der Waals surface area contributed by atoms with Crippen LogP contribution in [0.1, 0.15) is 41.5 Å². The van der Waals surface area contributed by atoms with E-state index in [0.29, 0.717) is 17.4 Å². The number of hydrogen-bond donors (Lipinski definition) is 0. The van der Waals surface area contributed by atoms with Crippen LogP contribution in [-0.4, -0.2) is 12.7 Å². The van der Waals surface area contributed by atoms with Crippen LogP contribution in [0.15, 0.2) is 0 Å². The molecule has 0 fully saturated rings. The Morgan fingerprint density at radius 1 is 1.09 bits per heavy atom. The molecule has 0 saturated heterocycles. The van der Waals surface area contributed by atoms with Gasteiger partial charge in [-0.15, -0.1) is 0 Å². The molecule has 0 saturated carbocycles. The normalized spacial score (nSPS) is 13.1. The Balaban J connectivity index is 3.73. The third-order valence-corrected chi connectivity index (χ3v) is 2.35. The highest BCUT2D eigenvalue weighted by Crippen LogP contribution is 2.26. The minimum Gasteiger partial charge on any atom is -0.378 e. The molecule has 0 atom stereocenters. The summed E-state index contributed by atoms with van der Waals surface area (Å²) >= 11 is 0. The zero-order valence-electron chi connectivity index (χ0n) is 8.77. The number of hydrogen-bond acceptors (Lipinski definition) is 1. The van der Waals surface area contributed by atoms with Crippen LogP contribution < -0.4 is 0 Å². The van der Waals surface area contributed by atoms with Crippen molar-refractivity contribution in [3.05, 3.63) is 0 Å². The molecule has 1 heteroatoms. The zero-order valence-corrected chi connectivity index (χ0v) is 8.77. The molecule has 0 radical (unpaired) electrons. The van der Waals surface area contributed by atoms with Crippen LogP contribution >= 0.6 is 0 Å². The van der Waals surface area contributed by atoms with Crippen molar-refractivity contribution in [1.29, 1.82) is 0 Å². The number of rotatable bonds is 4. The van der Waals surface area contributed by atoms with Crippen LogP contribution in [0, 0.1) is 11.3 Å². The van der Waals surface area contributed by atoms with Gasteiger partial charge in [-0.25, -0.2) is 0 Å². The molecule has 0 aliphatic heterocycles. The first kappa shape index (κ1) is 11.0. The van der Waals surface area contributed by atoms with Gasteiger partial charge >= 0.3 is 0 Å². The molecule has 0 amide bonds. The first-order valence-electron chi connectivity index (χ1n) is 4.48. The molecule has 0 N–H and O–H groups in total. The van der Waals surface area contributed by atoms with Gasteiger partial charge in [0, 0.05) is 0 Å². The molecule has 0 aromatic carbocycles. The monoisotopic (exact) mass is 158 g/mol. The van der Waals surface area contributed by atoms with Crippen LogP contribution in [-0.2, 0) is 4.74 Å². The molecule has 0 aromatic rings. The molecule has 0 aliphatic rings. The van der Waals surface area contributed by atoms with E-state index in [1.807, 2.05) is 0 Å². The Bertz CT molecular complexity index is 103. The second-order valence-corrected chi connectivity index (χ2v) is 4.50. The van der Waals surface area contributed by atoms with Crippen LogP contribution in [0.5, 0.6) is 0 Å². The van der Waals surface area contributed by atoms with Crippen LogP contribution in [0.25, 0.3) is 0 Å². The maximum Gasteiger partial charge on any atom is 0.0523 e. The van der Waals surface area contributed by atoms with Crippen LogP contribution in [0.4, 0.5) is 0 Å². The average Bonchev–Trinajstić information content (AvgIpc) is 1.84. The second kappa shape index (κ2) is 4.10. The SMILES string of the molecule is CC(C)OCC(C)(C)C(C)C. The first-order valence-corrected chi connectivity index (χ1v) is 4.48. The fraction of sp³-hybridized carbons (Fsp3) is 1.00. The summed E-state index contributed by atoms with van der Waals surface area (Å²) in [7, 11) is 0. The molecule has 0 heterocycles. The maximum absolute atomic E-state index is 5.57. The predicted octanol–water partition coefficient (Wildman–Crippen LogP) is 3.09. The lowest BCUT2D eigenvalue weighted by Gasteiger charge is -2.29. The highest BCUT2D eigenvalue weighted by Gasteiger charge is 2.22. The van der Waals surface area contributed by atoms with Gasteiger partial charge < -0.3 is 4.74 Å². The highest BCUT2D eigenvalue weighted by molar-refractivity contribution is 4.71. The van der Waals surface area contributed by atoms with Gasteiger partial charge in [-0.2, -0.15) is 0 Å². The van der Waals surface area contributed by atoms with Crippen molar-refractivity contribution in [1.82, 2.24) is 0 Å². The van der Waals surface area contributed by atoms with Crippen molar-refractivity contribution in [2.45, 2.75) is 47.6 Å². The van der Waals surface area contributed by atoms with Crippen molar-refractivity contribution in [3.63, 3.8) is 0 Å². The molecule has 68 valence electrons. The Kier molecular flexibility index (Phi) is 4.09. The lowest BCUT2D eigenvalue weighted by atomic mass is 9.82. The number of ether oxygens (including phenoxy) is 1. The van der Waals surface area contributed by atoms with E-state index in [2.05, 4.69) is 41.5 Å². The van der Waals surface area contributed by atoms with E-state index >= 15 is 0 Å². The Morgan fingerprint density at radius 2 is 1.55 bits per heavy atom. The van der Waals surface area contributed by atoms with Gasteiger partial charge in [-0.3, -0.25) is 0 Å². The predicted molar refractivity (Wildman–Crippen MR) is 49.7 cm³/mol. The summed E-state index contributed by atoms with van der Waals surface area (Å²) < 4.78 is 5.57. The second-order valence-electron chi connectivity index (χ2n) is 4.50. The largest absolute Gasteiger partial charge is 0.378 e. The minimum atomic E-state index is 0.310. The smallest absolute Gasteiger partial charge is 0.0523 e. The molecule has 0 bridgehead atoms. The molecular formula is C10H22O. The Labute approximate surface area is 71.1 Å². The summed E-state index contributed by atoms with van der Waals surface area (Å²) in [5.41, 5.74) is 0.310. The molecule has 0 spiro atoms. The summed E-state index contributed by atoms with van der Waals surface area (Å²) in [6, 6.07) is 0. The highest BCUT2D eigenvalue weighted by atomic mass is 16.5. The van der Waals surface area contributed by atoms with Crippen molar-refractivity contribution in [2.75, 3.05) is 6.61 Å². The van der Waals surface area contributed by atoms with Gasteiger partial charge in [-0.05, 0) is 25.2 Å². The summed E-state index contributed by atoms with van der Waals surface area (Å²) in [6.45, 7) is 14.0. The zero-order chi connectivity index (χ0) is 9.07. The third-order valence-electron chi connectivity index (χ3n) is 2.35. The van der Waals surface area contributed by atoms with E-state index in [0.717, 1.165) is 6.61 Å². The fourth-order valence-corrected chi connectivity index (χ4v) is 0.548. The van der Waals surface area contributed by atoms with E-state index in [-0.39, 0.29) is 0 Å². The molecular weight excluding hydrogens is 136 g/mol. The quantitative estimate of drug-likeness (QED) is 0.611. The first-order chi connectivity index (χ1) is 4.86. The maximum atomic E-state index is 5.57. The summed E-state index contributed by atoms with van der Waals surface area (Å²) in [4.78, 5) is 0. The van der Waals surface area contributed by atoms with Crippen molar-refractivity contribution in [3.8, 4) is 0 Å². The van der Waals surface area contributed by atoms with Crippen LogP contribution in [0.3, 0.4) is 0 Å². The average molecular weight is 158 g/mol. The van der Waals surface area contributed by atoms with E-state index in [1.54, 1.807) is 0 Å². The molecule has 0 aromatic heterocycles. The van der Waals surface area contributed by atoms with Gasteiger partial charge in [0.25, 0.3) is 0 Å².